The van der Waals surface area contributed by atoms with E-state index in [9.17, 15) is 9.90 Å². The standard InChI is InChI=1S/C7H12O5/c1-3-6(11-2)4(8)5(9)7(10)12-3/h3-6,8-9H,1-2H3/t3-,4+,5+,6-/m0/s1. The number of aliphatic hydroxyl groups is 2. The number of esters is 1. The Kier molecular flexibility index (Phi) is 2.66. The van der Waals surface area contributed by atoms with E-state index in [2.05, 4.69) is 0 Å². The van der Waals surface area contributed by atoms with Crippen LogP contribution >= 0.6 is 0 Å². The zero-order valence-corrected chi connectivity index (χ0v) is 6.93. The molecular weight excluding hydrogens is 164 g/mol. The van der Waals surface area contributed by atoms with E-state index in [4.69, 9.17) is 14.6 Å². The molecule has 0 amide bonds. The normalized spacial score (nSPS) is 42.5. The monoisotopic (exact) mass is 176 g/mol. The highest BCUT2D eigenvalue weighted by atomic mass is 16.6. The van der Waals surface area contributed by atoms with Gasteiger partial charge in [-0.1, -0.05) is 0 Å². The van der Waals surface area contributed by atoms with E-state index in [0.29, 0.717) is 0 Å². The highest BCUT2D eigenvalue weighted by molar-refractivity contribution is 5.76. The smallest absolute Gasteiger partial charge is 0.338 e. The average Bonchev–Trinajstić information content (AvgIpc) is 2.01. The van der Waals surface area contributed by atoms with Crippen LogP contribution in [0.4, 0.5) is 0 Å². The van der Waals surface area contributed by atoms with Gasteiger partial charge in [0.05, 0.1) is 0 Å². The van der Waals surface area contributed by atoms with Crippen LogP contribution in [-0.2, 0) is 14.3 Å². The lowest BCUT2D eigenvalue weighted by Crippen LogP contribution is -2.55. The topological polar surface area (TPSA) is 76.0 Å². The zero-order valence-electron chi connectivity index (χ0n) is 6.93. The fourth-order valence-electron chi connectivity index (χ4n) is 1.25. The Labute approximate surface area is 69.9 Å². The van der Waals surface area contributed by atoms with Crippen molar-refractivity contribution < 1.29 is 24.5 Å². The molecule has 1 aliphatic rings. The summed E-state index contributed by atoms with van der Waals surface area (Å²) in [6.45, 7) is 1.60. The number of methoxy groups -OCH3 is 1. The van der Waals surface area contributed by atoms with E-state index < -0.39 is 30.4 Å². The molecule has 5 nitrogen and oxygen atoms in total. The van der Waals surface area contributed by atoms with Crippen LogP contribution in [0.1, 0.15) is 6.92 Å². The fraction of sp³-hybridized carbons (Fsp3) is 0.857. The largest absolute Gasteiger partial charge is 0.458 e. The van der Waals surface area contributed by atoms with E-state index in [1.165, 1.54) is 7.11 Å². The summed E-state index contributed by atoms with van der Waals surface area (Å²) in [5.41, 5.74) is 0. The molecule has 0 saturated carbocycles. The molecule has 1 saturated heterocycles. The average molecular weight is 176 g/mol. The van der Waals surface area contributed by atoms with Crippen molar-refractivity contribution in [2.75, 3.05) is 7.11 Å². The molecule has 0 bridgehead atoms. The number of ether oxygens (including phenoxy) is 2. The molecule has 1 heterocycles. The van der Waals surface area contributed by atoms with E-state index in [-0.39, 0.29) is 0 Å². The van der Waals surface area contributed by atoms with Gasteiger partial charge in [0.25, 0.3) is 0 Å². The lowest BCUT2D eigenvalue weighted by molar-refractivity contribution is -0.203. The maximum atomic E-state index is 10.8. The summed E-state index contributed by atoms with van der Waals surface area (Å²) in [6, 6.07) is 0. The predicted molar refractivity (Wildman–Crippen MR) is 38.4 cm³/mol. The number of cyclic esters (lactones) is 1. The summed E-state index contributed by atoms with van der Waals surface area (Å²) in [5.74, 6) is -0.802. The van der Waals surface area contributed by atoms with Gasteiger partial charge in [-0.3, -0.25) is 0 Å². The minimum atomic E-state index is -1.49. The summed E-state index contributed by atoms with van der Waals surface area (Å²) >= 11 is 0. The quantitative estimate of drug-likeness (QED) is 0.484. The van der Waals surface area contributed by atoms with Crippen LogP contribution in [0.15, 0.2) is 0 Å². The molecule has 4 atom stereocenters. The van der Waals surface area contributed by atoms with Crippen molar-refractivity contribution in [2.45, 2.75) is 31.3 Å². The van der Waals surface area contributed by atoms with Crippen molar-refractivity contribution in [1.29, 1.82) is 0 Å². The number of carbonyl (C=O) groups is 1. The molecule has 70 valence electrons. The Morgan fingerprint density at radius 1 is 1.50 bits per heavy atom. The molecule has 0 spiro atoms. The van der Waals surface area contributed by atoms with Crippen LogP contribution in [-0.4, -0.2) is 47.7 Å². The molecule has 1 fully saturated rings. The molecule has 2 N–H and O–H groups in total. The Morgan fingerprint density at radius 3 is 2.58 bits per heavy atom. The van der Waals surface area contributed by atoms with Gasteiger partial charge in [-0.05, 0) is 6.92 Å². The van der Waals surface area contributed by atoms with Crippen LogP contribution in [0.2, 0.25) is 0 Å². The van der Waals surface area contributed by atoms with Crippen molar-refractivity contribution in [1.82, 2.24) is 0 Å². The summed E-state index contributed by atoms with van der Waals surface area (Å²) in [4.78, 5) is 10.8. The Bertz CT molecular complexity index is 181. The maximum absolute atomic E-state index is 10.8. The number of hydrogen-bond acceptors (Lipinski definition) is 5. The van der Waals surface area contributed by atoms with Crippen molar-refractivity contribution in [3.63, 3.8) is 0 Å². The first-order chi connectivity index (χ1) is 5.57. The molecule has 1 rings (SSSR count). The van der Waals surface area contributed by atoms with Gasteiger partial charge in [0.2, 0.25) is 0 Å². The Morgan fingerprint density at radius 2 is 2.08 bits per heavy atom. The molecule has 1 aliphatic heterocycles. The van der Waals surface area contributed by atoms with Crippen LogP contribution in [0.25, 0.3) is 0 Å². The minimum Gasteiger partial charge on any atom is -0.458 e. The van der Waals surface area contributed by atoms with Gasteiger partial charge in [-0.2, -0.15) is 0 Å². The third-order valence-corrected chi connectivity index (χ3v) is 1.94. The summed E-state index contributed by atoms with van der Waals surface area (Å²) in [5, 5.41) is 18.4. The highest BCUT2D eigenvalue weighted by Crippen LogP contribution is 2.18. The number of carbonyl (C=O) groups excluding carboxylic acids is 1. The molecule has 0 aliphatic carbocycles. The van der Waals surface area contributed by atoms with Crippen LogP contribution in [0.3, 0.4) is 0 Å². The van der Waals surface area contributed by atoms with Gasteiger partial charge in [0.1, 0.15) is 18.3 Å². The van der Waals surface area contributed by atoms with Crippen LogP contribution in [0.5, 0.6) is 0 Å². The van der Waals surface area contributed by atoms with Crippen molar-refractivity contribution in [3.8, 4) is 0 Å². The van der Waals surface area contributed by atoms with Crippen LogP contribution < -0.4 is 0 Å². The second kappa shape index (κ2) is 3.38. The first-order valence-electron chi connectivity index (χ1n) is 3.67. The second-order valence-corrected chi connectivity index (χ2v) is 2.78. The number of aliphatic hydroxyl groups excluding tert-OH is 2. The van der Waals surface area contributed by atoms with Gasteiger partial charge >= 0.3 is 5.97 Å². The summed E-state index contributed by atoms with van der Waals surface area (Å²) in [6.07, 6.45) is -3.88. The zero-order chi connectivity index (χ0) is 9.30. The molecular formula is C7H12O5. The SMILES string of the molecule is CO[C@@H]1[C@H](O)[C@@H](O)C(=O)O[C@H]1C. The first kappa shape index (κ1) is 9.44. The fourth-order valence-corrected chi connectivity index (χ4v) is 1.25. The number of rotatable bonds is 1. The summed E-state index contributed by atoms with van der Waals surface area (Å²) in [7, 11) is 1.39. The molecule has 5 heteroatoms. The van der Waals surface area contributed by atoms with Crippen molar-refractivity contribution >= 4 is 5.97 Å². The third-order valence-electron chi connectivity index (χ3n) is 1.94. The van der Waals surface area contributed by atoms with E-state index >= 15 is 0 Å². The molecule has 0 aromatic heterocycles. The predicted octanol–water partition coefficient (Wildman–Crippen LogP) is -1.33. The lowest BCUT2D eigenvalue weighted by atomic mass is 10.0. The highest BCUT2D eigenvalue weighted by Gasteiger charge is 2.42. The third kappa shape index (κ3) is 1.43. The van der Waals surface area contributed by atoms with Gasteiger partial charge in [-0.25, -0.2) is 4.79 Å². The molecule has 0 aromatic carbocycles. The molecule has 0 radical (unpaired) electrons. The first-order valence-corrected chi connectivity index (χ1v) is 3.67. The van der Waals surface area contributed by atoms with Crippen molar-refractivity contribution in [2.24, 2.45) is 0 Å². The van der Waals surface area contributed by atoms with Gasteiger partial charge in [-0.15, -0.1) is 0 Å². The molecule has 0 unspecified atom stereocenters. The number of hydrogen-bond donors (Lipinski definition) is 2. The van der Waals surface area contributed by atoms with E-state index in [1.54, 1.807) is 6.92 Å². The van der Waals surface area contributed by atoms with E-state index in [0.717, 1.165) is 0 Å². The van der Waals surface area contributed by atoms with Crippen molar-refractivity contribution in [3.05, 3.63) is 0 Å². The second-order valence-electron chi connectivity index (χ2n) is 2.78. The minimum absolute atomic E-state index is 0.527. The van der Waals surface area contributed by atoms with Crippen LogP contribution in [0, 0.1) is 0 Å². The molecule has 0 aromatic rings. The molecule has 12 heavy (non-hydrogen) atoms. The van der Waals surface area contributed by atoms with E-state index in [1.807, 2.05) is 0 Å². The Hall–Kier alpha value is -0.650. The lowest BCUT2D eigenvalue weighted by Gasteiger charge is -2.34. The van der Waals surface area contributed by atoms with Gasteiger partial charge < -0.3 is 19.7 Å². The maximum Gasteiger partial charge on any atom is 0.338 e. The van der Waals surface area contributed by atoms with Gasteiger partial charge in [0, 0.05) is 7.11 Å². The Balaban J connectivity index is 2.72. The summed E-state index contributed by atoms with van der Waals surface area (Å²) < 4.78 is 9.55. The van der Waals surface area contributed by atoms with Gasteiger partial charge in [0.15, 0.2) is 6.10 Å².